The highest BCUT2D eigenvalue weighted by Gasteiger charge is 2.39. The molecule has 2 rings (SSSR count). The molecule has 2 aromatic rings. The van der Waals surface area contributed by atoms with Crippen molar-refractivity contribution in [2.75, 3.05) is 11.9 Å². The Kier molecular flexibility index (Phi) is 4.19. The number of hydrogen-bond acceptors (Lipinski definition) is 2. The van der Waals surface area contributed by atoms with E-state index in [1.807, 2.05) is 24.3 Å². The van der Waals surface area contributed by atoms with Crippen molar-refractivity contribution in [3.05, 3.63) is 40.9 Å². The van der Waals surface area contributed by atoms with Crippen LogP contribution in [0, 0.1) is 17.2 Å². The van der Waals surface area contributed by atoms with Crippen LogP contribution in [0.5, 0.6) is 0 Å². The third kappa shape index (κ3) is 3.42. The second-order valence-electron chi connectivity index (χ2n) is 4.31. The molecule has 0 aliphatic carbocycles. The molecule has 0 saturated heterocycles. The van der Waals surface area contributed by atoms with Crippen LogP contribution >= 0.6 is 15.9 Å². The van der Waals surface area contributed by atoms with E-state index in [9.17, 15) is 13.2 Å². The minimum absolute atomic E-state index is 0.456. The summed E-state index contributed by atoms with van der Waals surface area (Å²) in [6.45, 7) is -0.456. The molecule has 0 heterocycles. The maximum Gasteiger partial charge on any atom is 0.406 e. The maximum absolute atomic E-state index is 12.5. The van der Waals surface area contributed by atoms with Crippen LogP contribution in [0.1, 0.15) is 0 Å². The summed E-state index contributed by atoms with van der Waals surface area (Å²) in [6, 6.07) is 12.2. The molecule has 104 valence electrons. The highest BCUT2D eigenvalue weighted by molar-refractivity contribution is 9.10. The summed E-state index contributed by atoms with van der Waals surface area (Å²) in [4.78, 5) is 0. The van der Waals surface area contributed by atoms with Gasteiger partial charge in [-0.3, -0.25) is 0 Å². The van der Waals surface area contributed by atoms with Gasteiger partial charge in [0.1, 0.15) is 0 Å². The van der Waals surface area contributed by atoms with Crippen LogP contribution in [0.15, 0.2) is 40.9 Å². The van der Waals surface area contributed by atoms with Gasteiger partial charge in [-0.15, -0.1) is 0 Å². The van der Waals surface area contributed by atoms with E-state index in [0.29, 0.717) is 5.69 Å². The van der Waals surface area contributed by atoms with Crippen molar-refractivity contribution in [1.29, 1.82) is 5.26 Å². The van der Waals surface area contributed by atoms with Crippen LogP contribution in [-0.2, 0) is 0 Å². The number of nitrogens with one attached hydrogen (secondary N) is 1. The van der Waals surface area contributed by atoms with Crippen molar-refractivity contribution >= 4 is 32.4 Å². The Labute approximate surface area is 122 Å². The fourth-order valence-corrected chi connectivity index (χ4v) is 2.16. The highest BCUT2D eigenvalue weighted by atomic mass is 79.9. The minimum Gasteiger partial charge on any atom is -0.383 e. The molecule has 0 bridgehead atoms. The van der Waals surface area contributed by atoms with E-state index in [4.69, 9.17) is 5.26 Å². The molecular formula is C14H10BrF3N2. The Hall–Kier alpha value is -1.74. The van der Waals surface area contributed by atoms with Crippen LogP contribution in [0.25, 0.3) is 10.8 Å². The monoisotopic (exact) mass is 342 g/mol. The van der Waals surface area contributed by atoms with Crippen LogP contribution in [0.4, 0.5) is 18.9 Å². The number of anilines is 1. The van der Waals surface area contributed by atoms with E-state index in [2.05, 4.69) is 21.2 Å². The first-order chi connectivity index (χ1) is 9.40. The third-order valence-corrected chi connectivity index (χ3v) is 3.36. The number of fused-ring (bicyclic) bond motifs is 1. The summed E-state index contributed by atoms with van der Waals surface area (Å²) >= 11 is 3.36. The Morgan fingerprint density at radius 3 is 2.45 bits per heavy atom. The molecule has 1 unspecified atom stereocenters. The zero-order valence-corrected chi connectivity index (χ0v) is 11.8. The normalized spacial score (nSPS) is 12.9. The third-order valence-electron chi connectivity index (χ3n) is 2.86. The van der Waals surface area contributed by atoms with E-state index < -0.39 is 18.6 Å². The van der Waals surface area contributed by atoms with E-state index in [1.165, 1.54) is 6.07 Å². The fourth-order valence-electron chi connectivity index (χ4n) is 1.78. The zero-order valence-electron chi connectivity index (χ0n) is 10.2. The van der Waals surface area contributed by atoms with E-state index in [0.717, 1.165) is 15.2 Å². The molecule has 0 spiro atoms. The Balaban J connectivity index is 2.15. The molecule has 0 saturated carbocycles. The number of rotatable bonds is 3. The van der Waals surface area contributed by atoms with Gasteiger partial charge in [-0.2, -0.15) is 18.4 Å². The molecule has 0 radical (unpaired) electrons. The van der Waals surface area contributed by atoms with Gasteiger partial charge in [0.05, 0.1) is 6.07 Å². The molecule has 0 aromatic heterocycles. The first-order valence-corrected chi connectivity index (χ1v) is 6.59. The standard InChI is InChI=1S/C14H10BrF3N2/c15-12-3-1-10-6-13(4-2-9(10)5-12)20-8-11(7-19)14(16,17)18/h1-6,11,20H,8H2. The number of halogens is 4. The van der Waals surface area contributed by atoms with Gasteiger partial charge in [0, 0.05) is 16.7 Å². The summed E-state index contributed by atoms with van der Waals surface area (Å²) in [5.41, 5.74) is 0.560. The second-order valence-corrected chi connectivity index (χ2v) is 5.23. The first-order valence-electron chi connectivity index (χ1n) is 5.79. The Morgan fingerprint density at radius 2 is 1.80 bits per heavy atom. The molecule has 1 N–H and O–H groups in total. The van der Waals surface area contributed by atoms with Crippen LogP contribution in [-0.4, -0.2) is 12.7 Å². The van der Waals surface area contributed by atoms with Crippen molar-refractivity contribution < 1.29 is 13.2 Å². The van der Waals surface area contributed by atoms with Gasteiger partial charge in [0.25, 0.3) is 0 Å². The minimum atomic E-state index is -4.51. The predicted octanol–water partition coefficient (Wildman–Crippen LogP) is 4.72. The first kappa shape index (κ1) is 14.7. The molecule has 6 heteroatoms. The summed E-state index contributed by atoms with van der Waals surface area (Å²) in [5.74, 6) is -2.01. The lowest BCUT2D eigenvalue weighted by Crippen LogP contribution is -2.28. The van der Waals surface area contributed by atoms with Crippen molar-refractivity contribution in [2.24, 2.45) is 5.92 Å². The van der Waals surface area contributed by atoms with E-state index in [1.54, 1.807) is 12.1 Å². The second kappa shape index (κ2) is 5.71. The average Bonchev–Trinajstić information content (AvgIpc) is 2.38. The van der Waals surface area contributed by atoms with Gasteiger partial charge in [-0.1, -0.05) is 28.1 Å². The molecule has 2 nitrogen and oxygen atoms in total. The molecule has 0 amide bonds. The molecule has 1 atom stereocenters. The van der Waals surface area contributed by atoms with Crippen LogP contribution < -0.4 is 5.32 Å². The average molecular weight is 343 g/mol. The zero-order chi connectivity index (χ0) is 14.8. The lowest BCUT2D eigenvalue weighted by molar-refractivity contribution is -0.155. The summed E-state index contributed by atoms with van der Waals surface area (Å²) < 4.78 is 38.3. The maximum atomic E-state index is 12.5. The fraction of sp³-hybridized carbons (Fsp3) is 0.214. The smallest absolute Gasteiger partial charge is 0.383 e. The quantitative estimate of drug-likeness (QED) is 0.876. The largest absolute Gasteiger partial charge is 0.406 e. The lowest BCUT2D eigenvalue weighted by Gasteiger charge is -2.15. The number of nitrogens with zero attached hydrogens (tertiary/aromatic N) is 1. The number of benzene rings is 2. The van der Waals surface area contributed by atoms with Crippen LogP contribution in [0.2, 0.25) is 0 Å². The van der Waals surface area contributed by atoms with Crippen molar-refractivity contribution in [3.63, 3.8) is 0 Å². The Morgan fingerprint density at radius 1 is 1.15 bits per heavy atom. The van der Waals surface area contributed by atoms with E-state index in [-0.39, 0.29) is 0 Å². The summed E-state index contributed by atoms with van der Waals surface area (Å²) in [6.07, 6.45) is -4.51. The van der Waals surface area contributed by atoms with Gasteiger partial charge >= 0.3 is 6.18 Å². The molecule has 2 aromatic carbocycles. The number of nitriles is 1. The Bertz CT molecular complexity index is 661. The SMILES string of the molecule is N#CC(CNc1ccc2cc(Br)ccc2c1)C(F)(F)F. The van der Waals surface area contributed by atoms with E-state index >= 15 is 0 Å². The number of hydrogen-bond donors (Lipinski definition) is 1. The summed E-state index contributed by atoms with van der Waals surface area (Å²) in [5, 5.41) is 13.1. The topological polar surface area (TPSA) is 35.8 Å². The lowest BCUT2D eigenvalue weighted by atomic mass is 10.1. The van der Waals surface area contributed by atoms with Gasteiger partial charge in [-0.05, 0) is 35.0 Å². The highest BCUT2D eigenvalue weighted by Crippen LogP contribution is 2.27. The van der Waals surface area contributed by atoms with Gasteiger partial charge in [0.2, 0.25) is 0 Å². The van der Waals surface area contributed by atoms with Crippen molar-refractivity contribution in [2.45, 2.75) is 6.18 Å². The van der Waals surface area contributed by atoms with Crippen molar-refractivity contribution in [1.82, 2.24) is 0 Å². The summed E-state index contributed by atoms with van der Waals surface area (Å²) in [7, 11) is 0. The molecule has 0 fully saturated rings. The molecular weight excluding hydrogens is 333 g/mol. The van der Waals surface area contributed by atoms with Crippen molar-refractivity contribution in [3.8, 4) is 6.07 Å². The molecule has 0 aliphatic heterocycles. The van der Waals surface area contributed by atoms with Gasteiger partial charge < -0.3 is 5.32 Å². The molecule has 20 heavy (non-hydrogen) atoms. The predicted molar refractivity (Wildman–Crippen MR) is 75.3 cm³/mol. The number of alkyl halides is 3. The van der Waals surface area contributed by atoms with Gasteiger partial charge in [-0.25, -0.2) is 0 Å². The molecule has 0 aliphatic rings. The van der Waals surface area contributed by atoms with Crippen LogP contribution in [0.3, 0.4) is 0 Å². The van der Waals surface area contributed by atoms with Gasteiger partial charge in [0.15, 0.2) is 5.92 Å².